The van der Waals surface area contributed by atoms with Gasteiger partial charge in [-0.1, -0.05) is 18.2 Å². The van der Waals surface area contributed by atoms with Gasteiger partial charge in [-0.05, 0) is 56.7 Å². The summed E-state index contributed by atoms with van der Waals surface area (Å²) in [7, 11) is 0. The van der Waals surface area contributed by atoms with E-state index >= 15 is 0 Å². The van der Waals surface area contributed by atoms with Crippen molar-refractivity contribution in [1.29, 1.82) is 0 Å². The van der Waals surface area contributed by atoms with Gasteiger partial charge in [-0.2, -0.15) is 0 Å². The van der Waals surface area contributed by atoms with E-state index in [0.29, 0.717) is 16.3 Å². The van der Waals surface area contributed by atoms with E-state index in [1.54, 1.807) is 6.92 Å². The summed E-state index contributed by atoms with van der Waals surface area (Å²) >= 11 is 1.46. The number of ether oxygens (including phenoxy) is 1. The number of carbonyl (C=O) groups excluding carboxylic acids is 2. The Morgan fingerprint density at radius 1 is 1.24 bits per heavy atom. The third kappa shape index (κ3) is 3.69. The van der Waals surface area contributed by atoms with E-state index in [-0.39, 0.29) is 5.91 Å². The highest BCUT2D eigenvalue weighted by molar-refractivity contribution is 7.17. The second-order valence-electron chi connectivity index (χ2n) is 6.29. The van der Waals surface area contributed by atoms with Gasteiger partial charge in [0.05, 0.1) is 5.56 Å². The van der Waals surface area contributed by atoms with Crippen molar-refractivity contribution in [3.8, 4) is 5.75 Å². The number of hydrogen-bond donors (Lipinski definition) is 2. The minimum absolute atomic E-state index is 0.288. The van der Waals surface area contributed by atoms with E-state index in [1.165, 1.54) is 11.3 Å². The van der Waals surface area contributed by atoms with Crippen LogP contribution in [0.1, 0.15) is 46.1 Å². The molecule has 1 aromatic carbocycles. The van der Waals surface area contributed by atoms with Gasteiger partial charge in [-0.3, -0.25) is 9.59 Å². The molecule has 25 heavy (non-hydrogen) atoms. The lowest BCUT2D eigenvalue weighted by atomic mass is 9.95. The number of amides is 2. The molecule has 1 heterocycles. The smallest absolute Gasteiger partial charge is 0.265 e. The highest BCUT2D eigenvalue weighted by Gasteiger charge is 2.26. The maximum absolute atomic E-state index is 12.5. The van der Waals surface area contributed by atoms with Crippen LogP contribution in [-0.2, 0) is 17.6 Å². The Balaban J connectivity index is 1.77. The number of primary amides is 1. The summed E-state index contributed by atoms with van der Waals surface area (Å²) in [6.07, 6.45) is 3.25. The van der Waals surface area contributed by atoms with Crippen molar-refractivity contribution in [2.45, 2.75) is 45.6 Å². The van der Waals surface area contributed by atoms with Gasteiger partial charge in [-0.25, -0.2) is 0 Å². The number of hydrogen-bond acceptors (Lipinski definition) is 4. The van der Waals surface area contributed by atoms with E-state index in [0.717, 1.165) is 41.7 Å². The average Bonchev–Trinajstić information content (AvgIpc) is 2.94. The summed E-state index contributed by atoms with van der Waals surface area (Å²) in [6.45, 7) is 3.62. The van der Waals surface area contributed by atoms with Crippen molar-refractivity contribution >= 4 is 28.2 Å². The topological polar surface area (TPSA) is 81.4 Å². The Morgan fingerprint density at radius 2 is 1.96 bits per heavy atom. The molecule has 1 aromatic heterocycles. The molecule has 2 aromatic rings. The fraction of sp³-hybridized carbons (Fsp3) is 0.368. The molecule has 1 atom stereocenters. The molecule has 5 nitrogen and oxygen atoms in total. The minimum Gasteiger partial charge on any atom is -0.481 e. The highest BCUT2D eigenvalue weighted by Crippen LogP contribution is 2.38. The molecule has 3 rings (SSSR count). The van der Waals surface area contributed by atoms with Crippen LogP contribution < -0.4 is 15.8 Å². The first kappa shape index (κ1) is 17.5. The second kappa shape index (κ2) is 7.27. The monoisotopic (exact) mass is 358 g/mol. The second-order valence-corrected chi connectivity index (χ2v) is 7.40. The zero-order chi connectivity index (χ0) is 18.0. The SMILES string of the molecule is Cc1ccccc1OC(C)C(=O)Nc1sc2c(c1C(N)=O)CCCC2. The predicted octanol–water partition coefficient (Wildman–Crippen LogP) is 3.44. The van der Waals surface area contributed by atoms with Gasteiger partial charge in [0.2, 0.25) is 0 Å². The van der Waals surface area contributed by atoms with Crippen LogP contribution in [0.4, 0.5) is 5.00 Å². The third-order valence-electron chi connectivity index (χ3n) is 4.42. The normalized spacial score (nSPS) is 14.5. The minimum atomic E-state index is -0.680. The van der Waals surface area contributed by atoms with Crippen molar-refractivity contribution in [2.24, 2.45) is 5.73 Å². The lowest BCUT2D eigenvalue weighted by Gasteiger charge is -2.16. The van der Waals surface area contributed by atoms with Crippen LogP contribution >= 0.6 is 11.3 Å². The van der Waals surface area contributed by atoms with Crippen LogP contribution in [0.2, 0.25) is 0 Å². The fourth-order valence-corrected chi connectivity index (χ4v) is 4.36. The standard InChI is InChI=1S/C19H22N2O3S/c1-11-7-3-5-9-14(11)24-12(2)18(23)21-19-16(17(20)22)13-8-4-6-10-15(13)25-19/h3,5,7,9,12H,4,6,8,10H2,1-2H3,(H2,20,22)(H,21,23). The molecule has 0 fully saturated rings. The van der Waals surface area contributed by atoms with Crippen LogP contribution in [-0.4, -0.2) is 17.9 Å². The Hall–Kier alpha value is -2.34. The van der Waals surface area contributed by atoms with Crippen molar-refractivity contribution in [1.82, 2.24) is 0 Å². The fourth-order valence-electron chi connectivity index (χ4n) is 3.06. The average molecular weight is 358 g/mol. The number of aryl methyl sites for hydroxylation is 2. The van der Waals surface area contributed by atoms with Gasteiger partial charge in [0, 0.05) is 4.88 Å². The molecule has 0 saturated heterocycles. The molecule has 1 aliphatic carbocycles. The Bertz CT molecular complexity index is 813. The van der Waals surface area contributed by atoms with E-state index in [4.69, 9.17) is 10.5 Å². The maximum Gasteiger partial charge on any atom is 0.265 e. The molecule has 3 N–H and O–H groups in total. The number of thiophene rings is 1. The van der Waals surface area contributed by atoms with Gasteiger partial charge < -0.3 is 15.8 Å². The summed E-state index contributed by atoms with van der Waals surface area (Å²) in [5.74, 6) is -0.0997. The molecule has 6 heteroatoms. The molecular weight excluding hydrogens is 336 g/mol. The number of para-hydroxylation sites is 1. The van der Waals surface area contributed by atoms with E-state index in [2.05, 4.69) is 5.32 Å². The van der Waals surface area contributed by atoms with Crippen LogP contribution in [0.25, 0.3) is 0 Å². The maximum atomic E-state index is 12.5. The van der Waals surface area contributed by atoms with Crippen LogP contribution in [0.15, 0.2) is 24.3 Å². The molecule has 0 radical (unpaired) electrons. The van der Waals surface area contributed by atoms with Gasteiger partial charge in [0.15, 0.2) is 6.10 Å². The first-order valence-corrected chi connectivity index (χ1v) is 9.26. The molecule has 0 bridgehead atoms. The van der Waals surface area contributed by atoms with Crippen LogP contribution in [0.5, 0.6) is 5.75 Å². The molecule has 132 valence electrons. The summed E-state index contributed by atoms with van der Waals surface area (Å²) < 4.78 is 5.76. The molecule has 0 spiro atoms. The van der Waals surface area contributed by atoms with E-state index in [9.17, 15) is 9.59 Å². The number of nitrogens with two attached hydrogens (primary N) is 1. The quantitative estimate of drug-likeness (QED) is 0.859. The van der Waals surface area contributed by atoms with Crippen molar-refractivity contribution in [3.63, 3.8) is 0 Å². The molecule has 1 aliphatic rings. The highest BCUT2D eigenvalue weighted by atomic mass is 32.1. The Morgan fingerprint density at radius 3 is 2.68 bits per heavy atom. The zero-order valence-corrected chi connectivity index (χ0v) is 15.2. The van der Waals surface area contributed by atoms with Gasteiger partial charge >= 0.3 is 0 Å². The molecule has 2 amide bonds. The Labute approximate surface area is 151 Å². The molecule has 0 saturated carbocycles. The van der Waals surface area contributed by atoms with Gasteiger partial charge in [-0.15, -0.1) is 11.3 Å². The van der Waals surface area contributed by atoms with Crippen molar-refractivity contribution in [3.05, 3.63) is 45.8 Å². The number of rotatable bonds is 5. The summed E-state index contributed by atoms with van der Waals surface area (Å²) in [5, 5.41) is 3.39. The Kier molecular flexibility index (Phi) is 5.08. The first-order chi connectivity index (χ1) is 12.0. The van der Waals surface area contributed by atoms with E-state index in [1.807, 2.05) is 31.2 Å². The van der Waals surface area contributed by atoms with Crippen LogP contribution in [0, 0.1) is 6.92 Å². The van der Waals surface area contributed by atoms with E-state index < -0.39 is 12.0 Å². The van der Waals surface area contributed by atoms with Crippen molar-refractivity contribution < 1.29 is 14.3 Å². The summed E-state index contributed by atoms with van der Waals surface area (Å²) in [6, 6.07) is 7.55. The lowest BCUT2D eigenvalue weighted by molar-refractivity contribution is -0.122. The number of fused-ring (bicyclic) bond motifs is 1. The molecule has 0 aliphatic heterocycles. The number of anilines is 1. The zero-order valence-electron chi connectivity index (χ0n) is 14.4. The molecular formula is C19H22N2O3S. The number of nitrogens with one attached hydrogen (secondary N) is 1. The largest absolute Gasteiger partial charge is 0.481 e. The number of carbonyl (C=O) groups is 2. The predicted molar refractivity (Wildman–Crippen MR) is 99.4 cm³/mol. The summed E-state index contributed by atoms with van der Waals surface area (Å²) in [4.78, 5) is 25.6. The number of benzene rings is 1. The summed E-state index contributed by atoms with van der Waals surface area (Å²) in [5.41, 5.74) is 8.00. The van der Waals surface area contributed by atoms with Crippen molar-refractivity contribution in [2.75, 3.05) is 5.32 Å². The third-order valence-corrected chi connectivity index (χ3v) is 5.63. The first-order valence-electron chi connectivity index (χ1n) is 8.45. The van der Waals surface area contributed by atoms with Gasteiger partial charge in [0.1, 0.15) is 10.8 Å². The van der Waals surface area contributed by atoms with Crippen LogP contribution in [0.3, 0.4) is 0 Å². The lowest BCUT2D eigenvalue weighted by Crippen LogP contribution is -2.31. The molecule has 1 unspecified atom stereocenters. The van der Waals surface area contributed by atoms with Gasteiger partial charge in [0.25, 0.3) is 11.8 Å².